The molecule has 0 saturated carbocycles. The summed E-state index contributed by atoms with van der Waals surface area (Å²) in [5.74, 6) is 1.56. The van der Waals surface area contributed by atoms with E-state index in [1.165, 1.54) is 0 Å². The number of H-pyrrole nitrogens is 1. The molecule has 3 heterocycles. The highest BCUT2D eigenvalue weighted by atomic mass is 32.2. The van der Waals surface area contributed by atoms with E-state index in [2.05, 4.69) is 25.5 Å². The highest BCUT2D eigenvalue weighted by Gasteiger charge is 2.34. The van der Waals surface area contributed by atoms with Gasteiger partial charge in [0, 0.05) is 35.9 Å². The van der Waals surface area contributed by atoms with Crippen molar-refractivity contribution in [3.63, 3.8) is 0 Å². The van der Waals surface area contributed by atoms with Gasteiger partial charge in [0.2, 0.25) is 5.91 Å². The molecule has 1 atom stereocenters. The lowest BCUT2D eigenvalue weighted by Crippen LogP contribution is -2.50. The summed E-state index contributed by atoms with van der Waals surface area (Å²) in [6.45, 7) is 3.49. The minimum Gasteiger partial charge on any atom is -0.358 e. The predicted molar refractivity (Wildman–Crippen MR) is 112 cm³/mol. The minimum absolute atomic E-state index is 0.0369. The van der Waals surface area contributed by atoms with Gasteiger partial charge in [-0.25, -0.2) is 4.98 Å². The molecule has 8 heteroatoms. The topological polar surface area (TPSA) is 90.1 Å². The number of amides is 2. The van der Waals surface area contributed by atoms with Gasteiger partial charge in [0.1, 0.15) is 6.04 Å². The average Bonchev–Trinajstić information content (AvgIpc) is 3.12. The van der Waals surface area contributed by atoms with Gasteiger partial charge in [-0.15, -0.1) is 0 Å². The number of aryl methyl sites for hydroxylation is 1. The number of nitrogens with zero attached hydrogens (tertiary/aromatic N) is 2. The van der Waals surface area contributed by atoms with E-state index in [1.807, 2.05) is 19.1 Å². The number of anilines is 2. The molecule has 0 spiro atoms. The number of benzene rings is 1. The number of aromatic amines is 1. The van der Waals surface area contributed by atoms with Crippen molar-refractivity contribution in [3.05, 3.63) is 41.5 Å². The highest BCUT2D eigenvalue weighted by Crippen LogP contribution is 2.36. The Hall–Kier alpha value is -2.48. The third-order valence-corrected chi connectivity index (χ3v) is 6.31. The zero-order chi connectivity index (χ0) is 19.5. The van der Waals surface area contributed by atoms with Crippen molar-refractivity contribution in [2.45, 2.75) is 38.0 Å². The second-order valence-corrected chi connectivity index (χ2v) is 8.31. The number of aromatic nitrogens is 2. The van der Waals surface area contributed by atoms with Gasteiger partial charge in [-0.05, 0) is 44.4 Å². The normalized spacial score (nSPS) is 18.2. The summed E-state index contributed by atoms with van der Waals surface area (Å²) in [5.41, 5.74) is 4.47. The fraction of sp³-hybridized carbons (Fsp3) is 0.450. The summed E-state index contributed by atoms with van der Waals surface area (Å²) < 4.78 is 0. The Kier molecular flexibility index (Phi) is 5.57. The summed E-state index contributed by atoms with van der Waals surface area (Å²) in [6.07, 6.45) is 4.78. The quantitative estimate of drug-likeness (QED) is 0.650. The summed E-state index contributed by atoms with van der Waals surface area (Å²) in [5, 5.41) is 5.93. The van der Waals surface area contributed by atoms with Crippen LogP contribution in [-0.2, 0) is 10.5 Å². The van der Waals surface area contributed by atoms with Crippen LogP contribution in [-0.4, -0.2) is 46.7 Å². The number of rotatable bonds is 6. The highest BCUT2D eigenvalue weighted by molar-refractivity contribution is 7.98. The summed E-state index contributed by atoms with van der Waals surface area (Å²) in [7, 11) is 0. The first-order chi connectivity index (χ1) is 13.6. The van der Waals surface area contributed by atoms with Crippen molar-refractivity contribution in [1.82, 2.24) is 15.3 Å². The first-order valence-corrected chi connectivity index (χ1v) is 10.9. The van der Waals surface area contributed by atoms with E-state index < -0.39 is 0 Å². The van der Waals surface area contributed by atoms with Gasteiger partial charge in [0.05, 0.1) is 23.4 Å². The molecule has 2 aliphatic rings. The van der Waals surface area contributed by atoms with Gasteiger partial charge >= 0.3 is 0 Å². The number of imidazole rings is 1. The molecule has 1 saturated heterocycles. The van der Waals surface area contributed by atoms with E-state index in [0.29, 0.717) is 12.1 Å². The standard InChI is InChI=1S/C20H25N5O2S/c1-13-16(23-12-22-13)11-28-9-7-21-19(26)14-5-6-17-15(10-14)24-20(27)18-4-2-3-8-25(17)18/h5-6,10,12,18H,2-4,7-9,11H2,1H3,(H,21,26)(H,22,23)(H,24,27)/t18-/m1/s1. The van der Waals surface area contributed by atoms with Crippen LogP contribution in [0.4, 0.5) is 11.4 Å². The van der Waals surface area contributed by atoms with Gasteiger partial charge < -0.3 is 20.5 Å². The Morgan fingerprint density at radius 2 is 2.29 bits per heavy atom. The summed E-state index contributed by atoms with van der Waals surface area (Å²) in [6, 6.07) is 5.51. The number of piperidine rings is 1. The van der Waals surface area contributed by atoms with E-state index in [-0.39, 0.29) is 17.9 Å². The number of hydrogen-bond donors (Lipinski definition) is 3. The van der Waals surface area contributed by atoms with Crippen LogP contribution in [0.15, 0.2) is 24.5 Å². The zero-order valence-electron chi connectivity index (χ0n) is 16.0. The molecule has 0 unspecified atom stereocenters. The van der Waals surface area contributed by atoms with Crippen LogP contribution in [0.1, 0.15) is 41.0 Å². The molecular weight excluding hydrogens is 374 g/mol. The fourth-order valence-electron chi connectivity index (χ4n) is 3.78. The largest absolute Gasteiger partial charge is 0.358 e. The van der Waals surface area contributed by atoms with Crippen LogP contribution >= 0.6 is 11.8 Å². The fourth-order valence-corrected chi connectivity index (χ4v) is 4.65. The first-order valence-electron chi connectivity index (χ1n) is 9.70. The van der Waals surface area contributed by atoms with E-state index >= 15 is 0 Å². The Labute approximate surface area is 168 Å². The van der Waals surface area contributed by atoms with Gasteiger partial charge in [-0.3, -0.25) is 9.59 Å². The van der Waals surface area contributed by atoms with Crippen molar-refractivity contribution in [1.29, 1.82) is 0 Å². The molecule has 148 valence electrons. The number of fused-ring (bicyclic) bond motifs is 3. The van der Waals surface area contributed by atoms with Crippen molar-refractivity contribution in [2.24, 2.45) is 0 Å². The molecule has 28 heavy (non-hydrogen) atoms. The Morgan fingerprint density at radius 1 is 1.39 bits per heavy atom. The van der Waals surface area contributed by atoms with Crippen molar-refractivity contribution < 1.29 is 9.59 Å². The second-order valence-electron chi connectivity index (χ2n) is 7.21. The van der Waals surface area contributed by atoms with Crippen LogP contribution in [0.5, 0.6) is 0 Å². The molecule has 0 bridgehead atoms. The number of nitrogens with one attached hydrogen (secondary N) is 3. The number of hydrogen-bond acceptors (Lipinski definition) is 5. The van der Waals surface area contributed by atoms with E-state index in [1.54, 1.807) is 24.2 Å². The van der Waals surface area contributed by atoms with Crippen molar-refractivity contribution in [2.75, 3.05) is 29.1 Å². The molecule has 1 aromatic heterocycles. The van der Waals surface area contributed by atoms with Gasteiger partial charge in [-0.1, -0.05) is 0 Å². The average molecular weight is 400 g/mol. The lowest BCUT2D eigenvalue weighted by atomic mass is 9.97. The molecule has 1 fully saturated rings. The molecule has 4 rings (SSSR count). The molecule has 3 N–H and O–H groups in total. The Balaban J connectivity index is 1.32. The number of thioether (sulfide) groups is 1. The van der Waals surface area contributed by atoms with Gasteiger partial charge in [0.25, 0.3) is 5.91 Å². The third-order valence-electron chi connectivity index (χ3n) is 5.34. The summed E-state index contributed by atoms with van der Waals surface area (Å²) >= 11 is 1.74. The number of carbonyl (C=O) groups excluding carboxylic acids is 2. The smallest absolute Gasteiger partial charge is 0.251 e. The van der Waals surface area contributed by atoms with Crippen LogP contribution in [0.3, 0.4) is 0 Å². The Morgan fingerprint density at radius 3 is 3.11 bits per heavy atom. The number of carbonyl (C=O) groups is 2. The lowest BCUT2D eigenvalue weighted by Gasteiger charge is -2.41. The third kappa shape index (κ3) is 3.87. The maximum atomic E-state index is 12.5. The van der Waals surface area contributed by atoms with E-state index in [0.717, 1.165) is 60.1 Å². The van der Waals surface area contributed by atoms with Gasteiger partial charge in [0.15, 0.2) is 0 Å². The molecule has 2 amide bonds. The van der Waals surface area contributed by atoms with E-state index in [4.69, 9.17) is 0 Å². The first kappa shape index (κ1) is 18.9. The minimum atomic E-state index is -0.116. The Bertz CT molecular complexity index is 881. The van der Waals surface area contributed by atoms with Crippen LogP contribution in [0.25, 0.3) is 0 Å². The molecule has 1 aromatic carbocycles. The molecule has 2 aliphatic heterocycles. The van der Waals surface area contributed by atoms with Crippen LogP contribution in [0, 0.1) is 6.92 Å². The monoisotopic (exact) mass is 399 g/mol. The second kappa shape index (κ2) is 8.26. The van der Waals surface area contributed by atoms with Gasteiger partial charge in [-0.2, -0.15) is 11.8 Å². The molecule has 7 nitrogen and oxygen atoms in total. The SMILES string of the molecule is Cc1[nH]cnc1CSCCNC(=O)c1ccc2c(c1)NC(=O)[C@H]1CCCCN21. The zero-order valence-corrected chi connectivity index (χ0v) is 16.8. The van der Waals surface area contributed by atoms with Crippen LogP contribution in [0.2, 0.25) is 0 Å². The van der Waals surface area contributed by atoms with Crippen LogP contribution < -0.4 is 15.5 Å². The maximum Gasteiger partial charge on any atom is 0.251 e. The molecule has 0 aliphatic carbocycles. The predicted octanol–water partition coefficient (Wildman–Crippen LogP) is 2.69. The molecule has 0 radical (unpaired) electrons. The van der Waals surface area contributed by atoms with Crippen molar-refractivity contribution in [3.8, 4) is 0 Å². The molecular formula is C20H25N5O2S. The van der Waals surface area contributed by atoms with Crippen molar-refractivity contribution >= 4 is 35.0 Å². The lowest BCUT2D eigenvalue weighted by molar-refractivity contribution is -0.118. The maximum absolute atomic E-state index is 12.5. The van der Waals surface area contributed by atoms with E-state index in [9.17, 15) is 9.59 Å². The molecule has 2 aromatic rings. The summed E-state index contributed by atoms with van der Waals surface area (Å²) in [4.78, 5) is 34.4.